The highest BCUT2D eigenvalue weighted by Crippen LogP contribution is 2.17. The van der Waals surface area contributed by atoms with Crippen molar-refractivity contribution in [3.8, 4) is 11.5 Å². The minimum Gasteiger partial charge on any atom is -0.508 e. The van der Waals surface area contributed by atoms with E-state index in [1.54, 1.807) is 71.9 Å². The molecule has 0 spiro atoms. The van der Waals surface area contributed by atoms with Crippen molar-refractivity contribution >= 4 is 82.8 Å². The van der Waals surface area contributed by atoms with E-state index >= 15 is 0 Å². The van der Waals surface area contributed by atoms with Gasteiger partial charge in [-0.25, -0.2) is 9.78 Å². The SMILES string of the molecule is CC(C)C[C@@H]1NC(=O)[C@H](Cc2ccc(O)cc2)NC(=O)[C@H](CC(=O)O)NC(=O)[C@H](Cc2ccc(O)cc2)NC(=O)[C@H](CC(N)=O)NC(=O)[C@H](Cc2cnc[nH]2)NC(=O)[C@H](C)NC(=O)[C@H](Cc2ccccc2)NC(=O)[C@H](C(C)C)NC(=O)CC/C=C/C[C@@H](C(=O)O)NC(=O)[C@H](C(C)C)NC1=O. The predicted octanol–water partition coefficient (Wildman–Crippen LogP) is -1.02. The van der Waals surface area contributed by atoms with Crippen LogP contribution in [0.4, 0.5) is 0 Å². The fourth-order valence-electron chi connectivity index (χ4n) is 10.5. The molecule has 12 amide bonds. The summed E-state index contributed by atoms with van der Waals surface area (Å²) in [7, 11) is 0. The average molecular weight is 1390 g/mol. The van der Waals surface area contributed by atoms with E-state index in [-0.39, 0.29) is 67.2 Å². The maximum absolute atomic E-state index is 14.7. The number of carboxylic acids is 2. The first-order valence-electron chi connectivity index (χ1n) is 32.5. The van der Waals surface area contributed by atoms with Gasteiger partial charge in [-0.05, 0) is 84.9 Å². The Morgan fingerprint density at radius 2 is 0.900 bits per heavy atom. The number of allylic oxidation sites excluding steroid dienone is 1. The van der Waals surface area contributed by atoms with Crippen molar-refractivity contribution in [3.05, 3.63) is 126 Å². The zero-order valence-electron chi connectivity index (χ0n) is 56.5. The maximum atomic E-state index is 14.7. The van der Waals surface area contributed by atoms with Crippen LogP contribution >= 0.6 is 0 Å². The molecule has 1 aliphatic rings. The van der Waals surface area contributed by atoms with Crippen LogP contribution < -0.4 is 64.2 Å². The first kappa shape index (κ1) is 79.5. The standard InChI is InChI=1S/C68H90N14O18/c1-35(2)26-46-65(96)82-57(37(5)6)67(98)73-45(68(99)100)16-12-9-13-17-54(86)81-56(36(3)4)66(97)80-47(27-39-14-10-8-11-15-39)59(90)72-38(7)58(89)74-50(30-42-33-70-34-71-42)62(93)78-51(31-53(69)85)63(94)76-49(29-41-20-24-44(84)25-21-41)61(92)79-52(32-55(87)88)64(95)77-48(60(91)75-46)28-40-18-22-43(83)23-19-40/h8-12,14-15,18-25,33-38,45-52,56-57,83-84H,13,16-17,26-32H2,1-7H3,(H2,69,85)(H,70,71)(H,72,90)(H,73,98)(H,74,89)(H,75,91)(H,76,94)(H,77,95)(H,78,93)(H,79,92)(H,80,97)(H,81,86)(H,82,96)(H,87,88)(H,99,100)/b12-9+/t38-,45-,46-,47-,48-,49-,50-,51-,52-,56-,57-/m0/s1. The number of primary amides is 1. The second-order valence-corrected chi connectivity index (χ2v) is 25.4. The molecule has 4 aromatic rings. The molecule has 2 heterocycles. The Balaban J connectivity index is 1.59. The monoisotopic (exact) mass is 1390 g/mol. The summed E-state index contributed by atoms with van der Waals surface area (Å²) in [5.74, 6) is -17.3. The Morgan fingerprint density at radius 1 is 0.480 bits per heavy atom. The van der Waals surface area contributed by atoms with Crippen LogP contribution in [0, 0.1) is 17.8 Å². The van der Waals surface area contributed by atoms with Gasteiger partial charge in [-0.3, -0.25) is 62.3 Å². The Bertz CT molecular complexity index is 3550. The van der Waals surface area contributed by atoms with Crippen molar-refractivity contribution in [3.63, 3.8) is 0 Å². The smallest absolute Gasteiger partial charge is 0.326 e. The summed E-state index contributed by atoms with van der Waals surface area (Å²) in [5.41, 5.74) is 7.02. The van der Waals surface area contributed by atoms with Crippen LogP contribution in [0.25, 0.3) is 0 Å². The lowest BCUT2D eigenvalue weighted by Gasteiger charge is -2.29. The van der Waals surface area contributed by atoms with Gasteiger partial charge < -0.3 is 89.6 Å². The molecule has 0 fully saturated rings. The fourth-order valence-corrected chi connectivity index (χ4v) is 10.5. The number of aliphatic carboxylic acids is 2. The number of aromatic nitrogens is 2. The lowest BCUT2D eigenvalue weighted by molar-refractivity contribution is -0.143. The number of hydrogen-bond donors (Lipinski definition) is 17. The van der Waals surface area contributed by atoms with E-state index in [1.165, 1.54) is 80.1 Å². The number of carbonyl (C=O) groups is 14. The number of aromatic hydroxyl groups is 2. The number of phenols is 2. The quantitative estimate of drug-likeness (QED) is 0.0563. The van der Waals surface area contributed by atoms with Crippen molar-refractivity contribution in [2.45, 2.75) is 179 Å². The van der Waals surface area contributed by atoms with Gasteiger partial charge in [0.05, 0.1) is 19.2 Å². The molecule has 0 bridgehead atoms. The molecular weight excluding hydrogens is 1300 g/mol. The molecular formula is C68H90N14O18. The molecule has 0 unspecified atom stereocenters. The second-order valence-electron chi connectivity index (χ2n) is 25.4. The Kier molecular flexibility index (Phi) is 30.7. The molecule has 0 aliphatic carbocycles. The highest BCUT2D eigenvalue weighted by atomic mass is 16.4. The van der Waals surface area contributed by atoms with Crippen LogP contribution in [0.2, 0.25) is 0 Å². The number of hydrogen-bond acceptors (Lipinski definition) is 17. The van der Waals surface area contributed by atoms with Gasteiger partial charge in [-0.1, -0.05) is 108 Å². The van der Waals surface area contributed by atoms with E-state index in [0.717, 1.165) is 0 Å². The number of nitrogens with zero attached hydrogens (tertiary/aromatic N) is 1. The average Bonchev–Trinajstić information content (AvgIpc) is 0.950. The molecule has 32 heteroatoms. The van der Waals surface area contributed by atoms with Crippen LogP contribution in [0.3, 0.4) is 0 Å². The third-order valence-electron chi connectivity index (χ3n) is 15.9. The van der Waals surface area contributed by atoms with Crippen molar-refractivity contribution < 1.29 is 87.5 Å². The zero-order valence-corrected chi connectivity index (χ0v) is 56.5. The van der Waals surface area contributed by atoms with Gasteiger partial charge in [0.25, 0.3) is 0 Å². The highest BCUT2D eigenvalue weighted by molar-refractivity contribution is 6.01. The van der Waals surface area contributed by atoms with E-state index < -0.39 is 187 Å². The summed E-state index contributed by atoms with van der Waals surface area (Å²) < 4.78 is 0. The number of carbonyl (C=O) groups excluding carboxylic acids is 12. The van der Waals surface area contributed by atoms with Crippen LogP contribution in [-0.4, -0.2) is 180 Å². The third-order valence-corrected chi connectivity index (χ3v) is 15.9. The first-order valence-corrected chi connectivity index (χ1v) is 32.5. The normalized spacial score (nSPS) is 24.2. The van der Waals surface area contributed by atoms with Crippen molar-refractivity contribution in [1.29, 1.82) is 0 Å². The number of benzene rings is 3. The minimum atomic E-state index is -2.07. The van der Waals surface area contributed by atoms with Gasteiger partial charge in [0, 0.05) is 44.0 Å². The fraction of sp³-hybridized carbons (Fsp3) is 0.456. The summed E-state index contributed by atoms with van der Waals surface area (Å²) in [6, 6.07) is 1.34. The summed E-state index contributed by atoms with van der Waals surface area (Å²) in [6.07, 6.45) is 1.49. The van der Waals surface area contributed by atoms with Gasteiger partial charge in [0.1, 0.15) is 78.0 Å². The third kappa shape index (κ3) is 26.3. The number of aromatic amines is 1. The number of nitrogens with one attached hydrogen (secondary N) is 12. The molecule has 1 aromatic heterocycles. The van der Waals surface area contributed by atoms with Gasteiger partial charge in [-0.15, -0.1) is 0 Å². The number of rotatable bonds is 17. The molecule has 3 aromatic carbocycles. The van der Waals surface area contributed by atoms with E-state index in [9.17, 15) is 87.5 Å². The van der Waals surface area contributed by atoms with Crippen molar-refractivity contribution in [2.24, 2.45) is 23.5 Å². The van der Waals surface area contributed by atoms with Crippen LogP contribution in [0.1, 0.15) is 109 Å². The van der Waals surface area contributed by atoms with Gasteiger partial charge >= 0.3 is 11.9 Å². The predicted molar refractivity (Wildman–Crippen MR) is 359 cm³/mol. The molecule has 0 radical (unpaired) electrons. The second kappa shape index (κ2) is 38.7. The van der Waals surface area contributed by atoms with Crippen LogP contribution in [0.15, 0.2) is 104 Å². The number of amides is 12. The lowest BCUT2D eigenvalue weighted by atomic mass is 9.98. The van der Waals surface area contributed by atoms with E-state index in [4.69, 9.17) is 5.73 Å². The molecule has 32 nitrogen and oxygen atoms in total. The summed E-state index contributed by atoms with van der Waals surface area (Å²) in [6.45, 7) is 11.1. The van der Waals surface area contributed by atoms with Crippen molar-refractivity contribution in [1.82, 2.24) is 68.5 Å². The minimum absolute atomic E-state index is 0.0290. The molecule has 540 valence electrons. The van der Waals surface area contributed by atoms with Crippen LogP contribution in [-0.2, 0) is 92.8 Å². The van der Waals surface area contributed by atoms with Gasteiger partial charge in [-0.2, -0.15) is 0 Å². The summed E-state index contributed by atoms with van der Waals surface area (Å²) >= 11 is 0. The maximum Gasteiger partial charge on any atom is 0.326 e. The molecule has 11 atom stereocenters. The number of H-pyrrole nitrogens is 1. The van der Waals surface area contributed by atoms with E-state index in [0.29, 0.717) is 11.1 Å². The van der Waals surface area contributed by atoms with E-state index in [2.05, 4.69) is 68.5 Å². The largest absolute Gasteiger partial charge is 0.508 e. The Morgan fingerprint density at radius 3 is 1.37 bits per heavy atom. The molecule has 0 saturated carbocycles. The van der Waals surface area contributed by atoms with Gasteiger partial charge in [0.15, 0.2) is 0 Å². The zero-order chi connectivity index (χ0) is 73.9. The topological polar surface area (TPSA) is 507 Å². The number of imidazole rings is 1. The number of phenolic OH excluding ortho intramolecular Hbond substituents is 2. The first-order chi connectivity index (χ1) is 47.3. The lowest BCUT2D eigenvalue weighted by Crippen LogP contribution is -2.61. The number of carboxylic acid groups (broad SMARTS) is 2. The Labute approximate surface area is 576 Å². The highest BCUT2D eigenvalue weighted by Gasteiger charge is 2.38. The summed E-state index contributed by atoms with van der Waals surface area (Å²) in [4.78, 5) is 202. The number of nitrogens with two attached hydrogens (primary N) is 1. The summed E-state index contributed by atoms with van der Waals surface area (Å²) in [5, 5.41) is 68.3. The van der Waals surface area contributed by atoms with Crippen molar-refractivity contribution in [2.75, 3.05) is 0 Å². The van der Waals surface area contributed by atoms with Crippen LogP contribution in [0.5, 0.6) is 11.5 Å². The molecule has 5 rings (SSSR count). The molecule has 1 aliphatic heterocycles. The molecule has 100 heavy (non-hydrogen) atoms. The van der Waals surface area contributed by atoms with Gasteiger partial charge in [0.2, 0.25) is 70.9 Å². The molecule has 0 saturated heterocycles. The van der Waals surface area contributed by atoms with E-state index in [1.807, 2.05) is 0 Å². The molecule has 18 N–H and O–H groups in total. The Hall–Kier alpha value is -11.2.